The van der Waals surface area contributed by atoms with E-state index in [2.05, 4.69) is 41.1 Å². The first-order valence-corrected chi connectivity index (χ1v) is 8.53. The maximum atomic E-state index is 4.78. The Kier molecular flexibility index (Phi) is 2.67. The van der Waals surface area contributed by atoms with Gasteiger partial charge in [-0.3, -0.25) is 4.40 Å². The van der Waals surface area contributed by atoms with Crippen LogP contribution in [-0.2, 0) is 12.8 Å². The van der Waals surface area contributed by atoms with Crippen molar-refractivity contribution in [3.63, 3.8) is 0 Å². The molecule has 3 aromatic rings. The summed E-state index contributed by atoms with van der Waals surface area (Å²) in [6, 6.07) is 8.66. The quantitative estimate of drug-likeness (QED) is 0.654. The molecular formula is C15H14N2S2. The summed E-state index contributed by atoms with van der Waals surface area (Å²) in [5.74, 6) is 0. The lowest BCUT2D eigenvalue weighted by atomic mass is 10.2. The number of rotatable bonds is 2. The van der Waals surface area contributed by atoms with Crippen molar-refractivity contribution in [2.45, 2.75) is 24.2 Å². The van der Waals surface area contributed by atoms with E-state index in [0.717, 1.165) is 10.7 Å². The molecule has 0 amide bonds. The summed E-state index contributed by atoms with van der Waals surface area (Å²) in [6.07, 6.45) is 8.04. The summed E-state index contributed by atoms with van der Waals surface area (Å²) in [7, 11) is 0. The van der Waals surface area contributed by atoms with Crippen molar-refractivity contribution in [2.24, 2.45) is 0 Å². The van der Waals surface area contributed by atoms with Gasteiger partial charge in [0.15, 0.2) is 4.96 Å². The fourth-order valence-corrected chi connectivity index (χ4v) is 4.30. The lowest BCUT2D eigenvalue weighted by molar-refractivity contribution is 0.888. The third kappa shape index (κ3) is 1.82. The summed E-state index contributed by atoms with van der Waals surface area (Å²) in [4.78, 5) is 8.75. The minimum atomic E-state index is 1.09. The van der Waals surface area contributed by atoms with E-state index in [4.69, 9.17) is 4.98 Å². The maximum Gasteiger partial charge on any atom is 0.194 e. The smallest absolute Gasteiger partial charge is 0.194 e. The van der Waals surface area contributed by atoms with Gasteiger partial charge in [-0.2, -0.15) is 0 Å². The molecule has 2 aromatic heterocycles. The van der Waals surface area contributed by atoms with Crippen molar-refractivity contribution < 1.29 is 0 Å². The summed E-state index contributed by atoms with van der Waals surface area (Å²) in [6.45, 7) is 0. The van der Waals surface area contributed by atoms with Gasteiger partial charge in [-0.15, -0.1) is 23.1 Å². The Labute approximate surface area is 120 Å². The predicted octanol–water partition coefficient (Wildman–Crippen LogP) is 4.27. The molecule has 4 rings (SSSR count). The fraction of sp³-hybridized carbons (Fsp3) is 0.267. The Morgan fingerprint density at radius 2 is 2.05 bits per heavy atom. The molecule has 4 heteroatoms. The van der Waals surface area contributed by atoms with Gasteiger partial charge < -0.3 is 0 Å². The van der Waals surface area contributed by atoms with E-state index in [0.29, 0.717) is 0 Å². The first-order chi connectivity index (χ1) is 9.35. The zero-order chi connectivity index (χ0) is 12.8. The van der Waals surface area contributed by atoms with Crippen molar-refractivity contribution in [3.8, 4) is 11.3 Å². The van der Waals surface area contributed by atoms with Crippen LogP contribution in [-0.4, -0.2) is 15.6 Å². The Bertz CT molecular complexity index is 737. The van der Waals surface area contributed by atoms with Crippen LogP contribution in [0.15, 0.2) is 35.4 Å². The second-order valence-electron chi connectivity index (χ2n) is 4.83. The largest absolute Gasteiger partial charge is 0.294 e. The normalized spacial score (nSPS) is 14.2. The molecule has 2 nitrogen and oxygen atoms in total. The number of imidazole rings is 1. The molecule has 0 saturated carbocycles. The minimum Gasteiger partial charge on any atom is -0.294 e. The van der Waals surface area contributed by atoms with E-state index in [1.165, 1.54) is 40.3 Å². The first-order valence-electron chi connectivity index (χ1n) is 6.49. The van der Waals surface area contributed by atoms with Crippen LogP contribution in [0.2, 0.25) is 0 Å². The van der Waals surface area contributed by atoms with E-state index >= 15 is 0 Å². The van der Waals surface area contributed by atoms with Crippen LogP contribution in [0.4, 0.5) is 0 Å². The number of benzene rings is 1. The van der Waals surface area contributed by atoms with Crippen molar-refractivity contribution in [2.75, 3.05) is 6.26 Å². The average molecular weight is 286 g/mol. The summed E-state index contributed by atoms with van der Waals surface area (Å²) >= 11 is 3.63. The standard InChI is InChI=1S/C15H14N2S2/c1-18-11-7-5-10(6-8-11)12-9-17-13-3-2-4-14(13)19-15(17)16-12/h5-9H,2-4H2,1H3. The van der Waals surface area contributed by atoms with Crippen LogP contribution in [0.25, 0.3) is 16.2 Å². The molecule has 0 spiro atoms. The van der Waals surface area contributed by atoms with E-state index < -0.39 is 0 Å². The van der Waals surface area contributed by atoms with Gasteiger partial charge in [0.2, 0.25) is 0 Å². The topological polar surface area (TPSA) is 17.3 Å². The number of hydrogen-bond acceptors (Lipinski definition) is 3. The van der Waals surface area contributed by atoms with Crippen LogP contribution >= 0.6 is 23.1 Å². The number of thiazole rings is 1. The van der Waals surface area contributed by atoms with Gasteiger partial charge >= 0.3 is 0 Å². The van der Waals surface area contributed by atoms with Gasteiger partial charge in [0.25, 0.3) is 0 Å². The van der Waals surface area contributed by atoms with Crippen LogP contribution in [0, 0.1) is 0 Å². The molecule has 1 aliphatic rings. The highest BCUT2D eigenvalue weighted by Crippen LogP contribution is 2.33. The minimum absolute atomic E-state index is 1.09. The molecule has 0 atom stereocenters. The van der Waals surface area contributed by atoms with Gasteiger partial charge in [-0.05, 0) is 37.7 Å². The van der Waals surface area contributed by atoms with E-state index in [1.807, 2.05) is 11.3 Å². The third-order valence-corrected chi connectivity index (χ3v) is 5.60. The zero-order valence-electron chi connectivity index (χ0n) is 10.7. The van der Waals surface area contributed by atoms with Crippen molar-refractivity contribution in [3.05, 3.63) is 41.0 Å². The fourth-order valence-electron chi connectivity index (χ4n) is 2.70. The first kappa shape index (κ1) is 11.6. The van der Waals surface area contributed by atoms with Gasteiger partial charge in [-0.1, -0.05) is 12.1 Å². The van der Waals surface area contributed by atoms with Crippen LogP contribution in [0.3, 0.4) is 0 Å². The zero-order valence-corrected chi connectivity index (χ0v) is 12.4. The van der Waals surface area contributed by atoms with Crippen molar-refractivity contribution in [1.82, 2.24) is 9.38 Å². The van der Waals surface area contributed by atoms with Gasteiger partial charge in [0, 0.05) is 27.2 Å². The lowest BCUT2D eigenvalue weighted by Crippen LogP contribution is -1.85. The number of hydrogen-bond donors (Lipinski definition) is 0. The van der Waals surface area contributed by atoms with E-state index in [9.17, 15) is 0 Å². The summed E-state index contributed by atoms with van der Waals surface area (Å²) in [5.41, 5.74) is 3.79. The number of nitrogens with zero attached hydrogens (tertiary/aromatic N) is 2. The molecule has 0 unspecified atom stereocenters. The molecule has 19 heavy (non-hydrogen) atoms. The van der Waals surface area contributed by atoms with Gasteiger partial charge in [0.1, 0.15) is 0 Å². The molecule has 1 aromatic carbocycles. The Balaban J connectivity index is 1.80. The second kappa shape index (κ2) is 4.39. The van der Waals surface area contributed by atoms with Gasteiger partial charge in [0.05, 0.1) is 5.69 Å². The monoisotopic (exact) mass is 286 g/mol. The summed E-state index contributed by atoms with van der Waals surface area (Å²) in [5, 5.41) is 0. The molecule has 1 aliphatic carbocycles. The molecule has 0 aliphatic heterocycles. The number of aryl methyl sites for hydroxylation is 2. The molecule has 96 valence electrons. The average Bonchev–Trinajstić information content (AvgIpc) is 3.10. The van der Waals surface area contributed by atoms with Crippen molar-refractivity contribution >= 4 is 28.1 Å². The van der Waals surface area contributed by atoms with Gasteiger partial charge in [-0.25, -0.2) is 4.98 Å². The molecule has 0 radical (unpaired) electrons. The van der Waals surface area contributed by atoms with Crippen LogP contribution < -0.4 is 0 Å². The highest BCUT2D eigenvalue weighted by Gasteiger charge is 2.19. The van der Waals surface area contributed by atoms with E-state index in [1.54, 1.807) is 11.8 Å². The Hall–Kier alpha value is -1.26. The van der Waals surface area contributed by atoms with E-state index in [-0.39, 0.29) is 0 Å². The lowest BCUT2D eigenvalue weighted by Gasteiger charge is -1.98. The molecule has 0 N–H and O–H groups in total. The Morgan fingerprint density at radius 1 is 1.21 bits per heavy atom. The Morgan fingerprint density at radius 3 is 2.84 bits per heavy atom. The number of aromatic nitrogens is 2. The highest BCUT2D eigenvalue weighted by molar-refractivity contribution is 7.98. The highest BCUT2D eigenvalue weighted by atomic mass is 32.2. The van der Waals surface area contributed by atoms with Crippen LogP contribution in [0.1, 0.15) is 17.0 Å². The number of fused-ring (bicyclic) bond motifs is 3. The number of thioether (sulfide) groups is 1. The predicted molar refractivity (Wildman–Crippen MR) is 82.3 cm³/mol. The van der Waals surface area contributed by atoms with Crippen LogP contribution in [0.5, 0.6) is 0 Å². The SMILES string of the molecule is CSc1ccc(-c2cn3c4c(sc3n2)CCC4)cc1. The maximum absolute atomic E-state index is 4.78. The molecule has 0 saturated heterocycles. The van der Waals surface area contributed by atoms with Crippen molar-refractivity contribution in [1.29, 1.82) is 0 Å². The molecule has 0 fully saturated rings. The molecule has 0 bridgehead atoms. The summed E-state index contributed by atoms with van der Waals surface area (Å²) < 4.78 is 2.30. The second-order valence-corrected chi connectivity index (χ2v) is 6.77. The molecule has 2 heterocycles. The third-order valence-electron chi connectivity index (χ3n) is 3.70. The molecular weight excluding hydrogens is 272 g/mol.